The largest absolute Gasteiger partial charge is 0.457 e. The van der Waals surface area contributed by atoms with Crippen molar-refractivity contribution >= 4 is 34.2 Å². The standard InChI is InChI=1S/C28H20N2O6/c31-28(34-15-18-4-3-5-20(13-18)30(32)33)26-21-6-1-2-7-23(21)29-27-19(9-10-22(26)27)12-17-8-11-24-25(14-17)36-16-35-24/h1-8,11-14H,9-10,15-16H2. The summed E-state index contributed by atoms with van der Waals surface area (Å²) >= 11 is 0. The van der Waals surface area contributed by atoms with Crippen LogP contribution in [0.2, 0.25) is 0 Å². The Morgan fingerprint density at radius 1 is 1.03 bits per heavy atom. The van der Waals surface area contributed by atoms with Crippen molar-refractivity contribution in [2.45, 2.75) is 19.4 Å². The number of rotatable bonds is 5. The topological polar surface area (TPSA) is 101 Å². The third-order valence-electron chi connectivity index (χ3n) is 6.37. The second-order valence-corrected chi connectivity index (χ2v) is 8.62. The van der Waals surface area contributed by atoms with Crippen LogP contribution in [0.4, 0.5) is 5.69 Å². The molecule has 1 aliphatic carbocycles. The zero-order valence-electron chi connectivity index (χ0n) is 19.1. The SMILES string of the molecule is O=C(OCc1cccc([N+](=O)[O-])c1)c1c2c(nc3ccccc13)C(=Cc1ccc3c(c1)OCO3)CC2. The first-order chi connectivity index (χ1) is 17.6. The zero-order valence-corrected chi connectivity index (χ0v) is 19.1. The lowest BCUT2D eigenvalue weighted by Gasteiger charge is -2.12. The van der Waals surface area contributed by atoms with E-state index in [0.717, 1.165) is 40.0 Å². The molecule has 36 heavy (non-hydrogen) atoms. The molecule has 2 aliphatic rings. The van der Waals surface area contributed by atoms with Gasteiger partial charge in [0.2, 0.25) is 6.79 Å². The number of ether oxygens (including phenoxy) is 3. The van der Waals surface area contributed by atoms with E-state index in [9.17, 15) is 14.9 Å². The Balaban J connectivity index is 1.36. The molecule has 1 aliphatic heterocycles. The van der Waals surface area contributed by atoms with Crippen molar-refractivity contribution < 1.29 is 23.9 Å². The number of para-hydroxylation sites is 1. The molecular formula is C28H20N2O6. The van der Waals surface area contributed by atoms with Crippen molar-refractivity contribution in [1.82, 2.24) is 4.98 Å². The van der Waals surface area contributed by atoms with E-state index in [1.54, 1.807) is 12.1 Å². The number of non-ortho nitro benzene ring substituents is 1. The number of carbonyl (C=O) groups excluding carboxylic acids is 1. The maximum atomic E-state index is 13.4. The fourth-order valence-electron chi connectivity index (χ4n) is 4.70. The number of carbonyl (C=O) groups is 1. The predicted octanol–water partition coefficient (Wildman–Crippen LogP) is 5.72. The molecule has 178 valence electrons. The van der Waals surface area contributed by atoms with Crippen LogP contribution in [0.3, 0.4) is 0 Å². The van der Waals surface area contributed by atoms with Crippen molar-refractivity contribution in [3.8, 4) is 11.5 Å². The molecule has 6 rings (SSSR count). The molecule has 2 heterocycles. The fraction of sp³-hybridized carbons (Fsp3) is 0.143. The van der Waals surface area contributed by atoms with Crippen molar-refractivity contribution in [1.29, 1.82) is 0 Å². The summed E-state index contributed by atoms with van der Waals surface area (Å²) in [5, 5.41) is 11.8. The number of allylic oxidation sites excluding steroid dienone is 1. The van der Waals surface area contributed by atoms with E-state index in [1.165, 1.54) is 12.1 Å². The van der Waals surface area contributed by atoms with Crippen molar-refractivity contribution in [2.24, 2.45) is 0 Å². The molecule has 1 aromatic heterocycles. The van der Waals surface area contributed by atoms with Crippen LogP contribution in [-0.4, -0.2) is 22.7 Å². The Labute approximate surface area is 205 Å². The summed E-state index contributed by atoms with van der Waals surface area (Å²) in [6.45, 7) is 0.152. The minimum Gasteiger partial charge on any atom is -0.457 e. The average molecular weight is 480 g/mol. The summed E-state index contributed by atoms with van der Waals surface area (Å²) in [6, 6.07) is 19.4. The molecule has 0 amide bonds. The molecule has 0 atom stereocenters. The van der Waals surface area contributed by atoms with E-state index in [0.29, 0.717) is 28.8 Å². The number of fused-ring (bicyclic) bond motifs is 3. The van der Waals surface area contributed by atoms with Gasteiger partial charge in [-0.2, -0.15) is 0 Å². The lowest BCUT2D eigenvalue weighted by Crippen LogP contribution is -2.10. The number of nitro benzene ring substituents is 1. The van der Waals surface area contributed by atoms with Crippen LogP contribution in [0, 0.1) is 10.1 Å². The molecule has 0 saturated heterocycles. The first kappa shape index (κ1) is 21.8. The van der Waals surface area contributed by atoms with Gasteiger partial charge in [-0.1, -0.05) is 36.4 Å². The van der Waals surface area contributed by atoms with Gasteiger partial charge in [0.15, 0.2) is 11.5 Å². The quantitative estimate of drug-likeness (QED) is 0.205. The minimum atomic E-state index is -0.472. The maximum absolute atomic E-state index is 13.4. The lowest BCUT2D eigenvalue weighted by atomic mass is 10.0. The van der Waals surface area contributed by atoms with Gasteiger partial charge >= 0.3 is 5.97 Å². The number of esters is 1. The Morgan fingerprint density at radius 2 is 1.89 bits per heavy atom. The first-order valence-electron chi connectivity index (χ1n) is 11.5. The summed E-state index contributed by atoms with van der Waals surface area (Å²) in [5.41, 5.74) is 5.34. The summed E-state index contributed by atoms with van der Waals surface area (Å²) in [4.78, 5) is 28.9. The normalized spacial score (nSPS) is 14.7. The van der Waals surface area contributed by atoms with Gasteiger partial charge in [-0.25, -0.2) is 9.78 Å². The van der Waals surface area contributed by atoms with E-state index >= 15 is 0 Å². The van der Waals surface area contributed by atoms with Crippen molar-refractivity contribution in [2.75, 3.05) is 6.79 Å². The molecular weight excluding hydrogens is 460 g/mol. The van der Waals surface area contributed by atoms with Gasteiger partial charge in [0.1, 0.15) is 6.61 Å². The van der Waals surface area contributed by atoms with Gasteiger partial charge in [-0.3, -0.25) is 10.1 Å². The molecule has 0 radical (unpaired) electrons. The number of aromatic nitrogens is 1. The number of pyridine rings is 1. The minimum absolute atomic E-state index is 0.0444. The van der Waals surface area contributed by atoms with Crippen molar-refractivity contribution in [3.63, 3.8) is 0 Å². The van der Waals surface area contributed by atoms with Gasteiger partial charge in [-0.05, 0) is 59.4 Å². The second-order valence-electron chi connectivity index (χ2n) is 8.62. The Hall–Kier alpha value is -4.72. The van der Waals surface area contributed by atoms with E-state index in [2.05, 4.69) is 6.08 Å². The monoisotopic (exact) mass is 480 g/mol. The number of hydrogen-bond donors (Lipinski definition) is 0. The highest BCUT2D eigenvalue weighted by Gasteiger charge is 2.28. The first-order valence-corrected chi connectivity index (χ1v) is 11.5. The molecule has 0 N–H and O–H groups in total. The molecule has 0 spiro atoms. The lowest BCUT2D eigenvalue weighted by molar-refractivity contribution is -0.384. The van der Waals surface area contributed by atoms with E-state index < -0.39 is 10.9 Å². The summed E-state index contributed by atoms with van der Waals surface area (Å²) in [6.07, 6.45) is 3.46. The summed E-state index contributed by atoms with van der Waals surface area (Å²) in [7, 11) is 0. The Bertz CT molecular complexity index is 1580. The van der Waals surface area contributed by atoms with Crippen LogP contribution >= 0.6 is 0 Å². The second kappa shape index (κ2) is 8.81. The highest BCUT2D eigenvalue weighted by molar-refractivity contribution is 6.07. The van der Waals surface area contributed by atoms with E-state index in [-0.39, 0.29) is 19.1 Å². The third-order valence-corrected chi connectivity index (χ3v) is 6.37. The number of nitrogens with zero attached hydrogens (tertiary/aromatic N) is 2. The molecule has 4 aromatic rings. The van der Waals surface area contributed by atoms with Gasteiger partial charge < -0.3 is 14.2 Å². The zero-order chi connectivity index (χ0) is 24.6. The predicted molar refractivity (Wildman–Crippen MR) is 133 cm³/mol. The molecule has 3 aromatic carbocycles. The smallest absolute Gasteiger partial charge is 0.339 e. The van der Waals surface area contributed by atoms with Crippen LogP contribution < -0.4 is 9.47 Å². The van der Waals surface area contributed by atoms with Crippen LogP contribution in [-0.2, 0) is 17.8 Å². The van der Waals surface area contributed by atoms with Crippen LogP contribution in [0.25, 0.3) is 22.6 Å². The number of benzene rings is 3. The Morgan fingerprint density at radius 3 is 2.78 bits per heavy atom. The van der Waals surface area contributed by atoms with Crippen LogP contribution in [0.15, 0.2) is 66.7 Å². The van der Waals surface area contributed by atoms with E-state index in [4.69, 9.17) is 19.2 Å². The fourth-order valence-corrected chi connectivity index (χ4v) is 4.70. The average Bonchev–Trinajstić information content (AvgIpc) is 3.52. The van der Waals surface area contributed by atoms with Crippen LogP contribution in [0.1, 0.15) is 39.2 Å². The molecule has 0 bridgehead atoms. The van der Waals surface area contributed by atoms with Gasteiger partial charge in [-0.15, -0.1) is 0 Å². The molecule has 0 saturated carbocycles. The highest BCUT2D eigenvalue weighted by Crippen LogP contribution is 2.39. The maximum Gasteiger partial charge on any atom is 0.339 e. The molecule has 0 fully saturated rings. The van der Waals surface area contributed by atoms with Gasteiger partial charge in [0.05, 0.1) is 21.7 Å². The van der Waals surface area contributed by atoms with Crippen molar-refractivity contribution in [3.05, 3.63) is 105 Å². The summed E-state index contributed by atoms with van der Waals surface area (Å²) < 4.78 is 16.5. The summed E-state index contributed by atoms with van der Waals surface area (Å²) in [5.74, 6) is 0.960. The third kappa shape index (κ3) is 3.92. The van der Waals surface area contributed by atoms with E-state index in [1.807, 2.05) is 42.5 Å². The Kier molecular flexibility index (Phi) is 5.33. The molecule has 0 unspecified atom stereocenters. The number of hydrogen-bond acceptors (Lipinski definition) is 7. The molecule has 8 nitrogen and oxygen atoms in total. The molecule has 8 heteroatoms. The van der Waals surface area contributed by atoms with Gasteiger partial charge in [0.25, 0.3) is 5.69 Å². The number of nitro groups is 1. The van der Waals surface area contributed by atoms with Gasteiger partial charge in [0, 0.05) is 17.5 Å². The van der Waals surface area contributed by atoms with Crippen LogP contribution in [0.5, 0.6) is 11.5 Å². The highest BCUT2D eigenvalue weighted by atomic mass is 16.7.